The molecule has 0 amide bonds. The first-order valence-corrected chi connectivity index (χ1v) is 2.93. The molecular weight excluding hydrogens is 156 g/mol. The Hall–Kier alpha value is -0.0200. The van der Waals surface area contributed by atoms with Crippen molar-refractivity contribution in [3.8, 4) is 0 Å². The number of alkyl halides is 1. The van der Waals surface area contributed by atoms with E-state index in [0.29, 0.717) is 4.95 Å². The lowest BCUT2D eigenvalue weighted by molar-refractivity contribution is 0.310. The summed E-state index contributed by atoms with van der Waals surface area (Å²) in [5.74, 6) is 0. The molecule has 0 aromatic rings. The minimum absolute atomic E-state index is 0.312. The molecule has 1 radical (unpaired) electrons. The first-order chi connectivity index (χ1) is 3.30. The fraction of sp³-hybridized carbons (Fsp3) is 0.500. The van der Waals surface area contributed by atoms with E-state index in [1.165, 1.54) is 0 Å². The van der Waals surface area contributed by atoms with Gasteiger partial charge in [0.25, 0.3) is 0 Å². The molecule has 0 aliphatic carbocycles. The summed E-state index contributed by atoms with van der Waals surface area (Å²) < 4.78 is 0. The molecule has 0 aromatic carbocycles. The smallest absolute Gasteiger partial charge is 0.104 e. The van der Waals surface area contributed by atoms with Gasteiger partial charge in [-0.3, -0.25) is 0 Å². The summed E-state index contributed by atoms with van der Waals surface area (Å²) in [7, 11) is 1.94. The summed E-state index contributed by atoms with van der Waals surface area (Å²) in [6.07, 6.45) is 4.73. The van der Waals surface area contributed by atoms with Gasteiger partial charge in [-0.2, -0.15) is 0 Å². The van der Waals surface area contributed by atoms with E-state index in [1.807, 2.05) is 18.1 Å². The highest BCUT2D eigenvalue weighted by atomic mass is 79.9. The molecule has 3 heteroatoms. The molecule has 1 aliphatic rings. The van der Waals surface area contributed by atoms with Crippen LogP contribution in [0.1, 0.15) is 0 Å². The molecule has 0 spiro atoms. The molecule has 1 aliphatic heterocycles. The lowest BCUT2D eigenvalue weighted by atomic mass is 10.6. The number of rotatable bonds is 0. The molecule has 0 saturated heterocycles. The Morgan fingerprint density at radius 2 is 2.71 bits per heavy atom. The van der Waals surface area contributed by atoms with E-state index < -0.39 is 0 Å². The van der Waals surface area contributed by atoms with Gasteiger partial charge in [-0.25, -0.2) is 5.01 Å². The highest BCUT2D eigenvalue weighted by molar-refractivity contribution is 9.09. The molecule has 0 saturated carbocycles. The van der Waals surface area contributed by atoms with Crippen LogP contribution in [0.4, 0.5) is 0 Å². The zero-order valence-electron chi connectivity index (χ0n) is 3.98. The second-order valence-electron chi connectivity index (χ2n) is 1.41. The first kappa shape index (κ1) is 5.12. The standard InChI is InChI=1S/C4H6BrN2/c1-7-4(5)2-3-6-7/h2,4,6H,1H3. The number of hydrogen-bond acceptors (Lipinski definition) is 2. The van der Waals surface area contributed by atoms with Gasteiger partial charge in [-0.15, -0.1) is 0 Å². The van der Waals surface area contributed by atoms with Crippen molar-refractivity contribution in [1.82, 2.24) is 10.4 Å². The van der Waals surface area contributed by atoms with Crippen LogP contribution in [0.2, 0.25) is 0 Å². The van der Waals surface area contributed by atoms with Gasteiger partial charge in [0.05, 0.1) is 6.20 Å². The summed E-state index contributed by atoms with van der Waals surface area (Å²) in [6.45, 7) is 0. The number of hydrogen-bond donors (Lipinski definition) is 1. The van der Waals surface area contributed by atoms with Crippen molar-refractivity contribution >= 4 is 15.9 Å². The van der Waals surface area contributed by atoms with Crippen LogP contribution >= 0.6 is 15.9 Å². The quantitative estimate of drug-likeness (QED) is 0.411. The van der Waals surface area contributed by atoms with Gasteiger partial charge in [0, 0.05) is 7.05 Å². The van der Waals surface area contributed by atoms with Gasteiger partial charge in [-0.05, 0) is 6.08 Å². The van der Waals surface area contributed by atoms with Crippen LogP contribution in [0.5, 0.6) is 0 Å². The third-order valence-electron chi connectivity index (χ3n) is 0.832. The number of likely N-dealkylation sites (N-methyl/N-ethyl adjacent to an activating group) is 1. The molecule has 39 valence electrons. The van der Waals surface area contributed by atoms with Crippen molar-refractivity contribution in [2.24, 2.45) is 0 Å². The van der Waals surface area contributed by atoms with E-state index in [9.17, 15) is 0 Å². The largest absolute Gasteiger partial charge is 0.316 e. The second kappa shape index (κ2) is 1.84. The van der Waals surface area contributed by atoms with E-state index in [4.69, 9.17) is 0 Å². The van der Waals surface area contributed by atoms with Crippen molar-refractivity contribution in [2.75, 3.05) is 7.05 Å². The van der Waals surface area contributed by atoms with Crippen molar-refractivity contribution < 1.29 is 0 Å². The molecule has 1 unspecified atom stereocenters. The van der Waals surface area contributed by atoms with E-state index in [-0.39, 0.29) is 0 Å². The SMILES string of the molecule is CN1N[C]=CC1Br. The number of nitrogens with zero attached hydrogens (tertiary/aromatic N) is 1. The van der Waals surface area contributed by atoms with Gasteiger partial charge >= 0.3 is 0 Å². The molecular formula is C4H6BrN2. The minimum Gasteiger partial charge on any atom is -0.316 e. The summed E-state index contributed by atoms with van der Waals surface area (Å²) in [4.78, 5) is 0.312. The predicted molar refractivity (Wildman–Crippen MR) is 31.4 cm³/mol. The third kappa shape index (κ3) is 0.951. The highest BCUT2D eigenvalue weighted by Gasteiger charge is 2.09. The van der Waals surface area contributed by atoms with Crippen molar-refractivity contribution in [3.63, 3.8) is 0 Å². The van der Waals surface area contributed by atoms with Crippen LogP contribution in [0.25, 0.3) is 0 Å². The monoisotopic (exact) mass is 161 g/mol. The lowest BCUT2D eigenvalue weighted by Crippen LogP contribution is -2.29. The highest BCUT2D eigenvalue weighted by Crippen LogP contribution is 2.06. The average Bonchev–Trinajstić information content (AvgIpc) is 1.91. The zero-order chi connectivity index (χ0) is 5.28. The maximum absolute atomic E-state index is 3.35. The Bertz CT molecular complexity index is 91.7. The van der Waals surface area contributed by atoms with Gasteiger partial charge in [-0.1, -0.05) is 15.9 Å². The van der Waals surface area contributed by atoms with E-state index >= 15 is 0 Å². The Morgan fingerprint density at radius 3 is 2.86 bits per heavy atom. The lowest BCUT2D eigenvalue weighted by Gasteiger charge is -2.11. The summed E-state index contributed by atoms with van der Waals surface area (Å²) in [6, 6.07) is 0. The Kier molecular flexibility index (Phi) is 1.35. The molecule has 7 heavy (non-hydrogen) atoms. The number of nitrogens with one attached hydrogen (secondary N) is 1. The van der Waals surface area contributed by atoms with E-state index in [2.05, 4.69) is 27.6 Å². The molecule has 1 rings (SSSR count). The van der Waals surface area contributed by atoms with Crippen LogP contribution in [0, 0.1) is 6.20 Å². The van der Waals surface area contributed by atoms with Gasteiger partial charge in [0.2, 0.25) is 0 Å². The summed E-state index contributed by atoms with van der Waals surface area (Å²) in [5, 5.41) is 1.90. The topological polar surface area (TPSA) is 15.3 Å². The zero-order valence-corrected chi connectivity index (χ0v) is 5.57. The van der Waals surface area contributed by atoms with E-state index in [1.54, 1.807) is 0 Å². The molecule has 1 heterocycles. The summed E-state index contributed by atoms with van der Waals surface area (Å²) in [5.41, 5.74) is 2.85. The third-order valence-corrected chi connectivity index (χ3v) is 1.71. The van der Waals surface area contributed by atoms with Crippen LogP contribution in [0.3, 0.4) is 0 Å². The molecule has 0 fully saturated rings. The normalized spacial score (nSPS) is 30.9. The van der Waals surface area contributed by atoms with Crippen molar-refractivity contribution in [1.29, 1.82) is 0 Å². The maximum atomic E-state index is 3.35. The van der Waals surface area contributed by atoms with Crippen LogP contribution in [0.15, 0.2) is 6.08 Å². The number of hydrazine groups is 1. The van der Waals surface area contributed by atoms with Gasteiger partial charge in [0.1, 0.15) is 4.95 Å². The average molecular weight is 162 g/mol. The van der Waals surface area contributed by atoms with Crippen LogP contribution in [-0.4, -0.2) is 17.0 Å². The minimum atomic E-state index is 0.312. The fourth-order valence-corrected chi connectivity index (χ4v) is 0.616. The van der Waals surface area contributed by atoms with Crippen molar-refractivity contribution in [3.05, 3.63) is 12.3 Å². The predicted octanol–water partition coefficient (Wildman–Crippen LogP) is 0.474. The Morgan fingerprint density at radius 1 is 2.00 bits per heavy atom. The van der Waals surface area contributed by atoms with Crippen molar-refractivity contribution in [2.45, 2.75) is 4.95 Å². The van der Waals surface area contributed by atoms with Crippen LogP contribution in [-0.2, 0) is 0 Å². The molecule has 1 atom stereocenters. The molecule has 0 aromatic heterocycles. The fourth-order valence-electron chi connectivity index (χ4n) is 0.381. The summed E-state index contributed by atoms with van der Waals surface area (Å²) >= 11 is 3.35. The second-order valence-corrected chi connectivity index (χ2v) is 2.34. The maximum Gasteiger partial charge on any atom is 0.104 e. The van der Waals surface area contributed by atoms with Gasteiger partial charge in [0.15, 0.2) is 0 Å². The molecule has 0 bridgehead atoms. The molecule has 1 N–H and O–H groups in total. The van der Waals surface area contributed by atoms with E-state index in [0.717, 1.165) is 0 Å². The Balaban J connectivity index is 2.45. The van der Waals surface area contributed by atoms with Crippen LogP contribution < -0.4 is 5.43 Å². The first-order valence-electron chi connectivity index (χ1n) is 2.02. The van der Waals surface area contributed by atoms with Gasteiger partial charge < -0.3 is 5.43 Å². The molecule has 2 nitrogen and oxygen atoms in total. The Labute approximate surface area is 51.3 Å². The number of halogens is 1.